The van der Waals surface area contributed by atoms with E-state index in [4.69, 9.17) is 4.42 Å². The van der Waals surface area contributed by atoms with E-state index in [1.165, 1.54) is 6.07 Å². The van der Waals surface area contributed by atoms with Crippen LogP contribution in [0.2, 0.25) is 0 Å². The number of fused-ring (bicyclic) bond motifs is 2. The summed E-state index contributed by atoms with van der Waals surface area (Å²) in [6.07, 6.45) is 0. The number of halogens is 4. The van der Waals surface area contributed by atoms with Gasteiger partial charge in [-0.2, -0.15) is 0 Å². The van der Waals surface area contributed by atoms with Gasteiger partial charge in [0.1, 0.15) is 10.1 Å². The molecule has 0 saturated heterocycles. The summed E-state index contributed by atoms with van der Waals surface area (Å²) in [5, 5.41) is 24.7. The first-order valence-electron chi connectivity index (χ1n) is 7.96. The van der Waals surface area contributed by atoms with E-state index in [2.05, 4.69) is 63.7 Å². The zero-order valence-electron chi connectivity index (χ0n) is 18.0. The van der Waals surface area contributed by atoms with Crippen molar-refractivity contribution >= 4 is 80.7 Å². The number of hydrogen-bond donors (Lipinski definition) is 0. The fourth-order valence-corrected chi connectivity index (χ4v) is 5.56. The fraction of sp³-hybridized carbons (Fsp3) is 0. The molecular weight excluding hydrogens is 709 g/mol. The molecule has 0 saturated carbocycles. The summed E-state index contributed by atoms with van der Waals surface area (Å²) in [4.78, 5) is 24.2. The van der Waals surface area contributed by atoms with Crippen molar-refractivity contribution in [3.63, 3.8) is 0 Å². The van der Waals surface area contributed by atoms with Crippen LogP contribution >= 0.6 is 63.7 Å². The normalized spacial score (nSPS) is 10.2. The van der Waals surface area contributed by atoms with Crippen molar-refractivity contribution in [1.82, 2.24) is 0 Å². The van der Waals surface area contributed by atoms with Gasteiger partial charge in [-0.05, 0) is 65.5 Å². The van der Waals surface area contributed by atoms with Crippen LogP contribution in [0.5, 0.6) is 5.75 Å². The van der Waals surface area contributed by atoms with Crippen LogP contribution in [-0.2, 0) is 0 Å². The quantitative estimate of drug-likeness (QED) is 0.157. The van der Waals surface area contributed by atoms with Crippen LogP contribution in [0.3, 0.4) is 0 Å². The minimum atomic E-state index is -1.35. The predicted molar refractivity (Wildman–Crippen MR) is 120 cm³/mol. The molecule has 1 heterocycles. The third kappa shape index (κ3) is 5.51. The Bertz CT molecular complexity index is 1380. The molecule has 0 N–H and O–H groups in total. The Kier molecular flexibility index (Phi) is 12.3. The van der Waals surface area contributed by atoms with Crippen LogP contribution in [-0.4, -0.2) is 5.97 Å². The molecule has 0 bridgehead atoms. The average molecular weight is 716 g/mol. The minimum absolute atomic E-state index is 0. The molecule has 4 rings (SSSR count). The molecule has 1 aliphatic heterocycles. The van der Waals surface area contributed by atoms with E-state index in [-0.39, 0.29) is 136 Å². The van der Waals surface area contributed by atoms with Crippen molar-refractivity contribution in [3.05, 3.63) is 70.1 Å². The van der Waals surface area contributed by atoms with Crippen LogP contribution in [0, 0.1) is 0 Å². The summed E-state index contributed by atoms with van der Waals surface area (Å²) in [5.74, 6) is -1.49. The van der Waals surface area contributed by atoms with Crippen molar-refractivity contribution in [3.8, 4) is 28.2 Å². The van der Waals surface area contributed by atoms with Crippen molar-refractivity contribution in [1.29, 1.82) is 0 Å². The first kappa shape index (κ1) is 31.4. The van der Waals surface area contributed by atoms with Gasteiger partial charge in [0.15, 0.2) is 5.76 Å². The molecule has 2 aliphatic rings. The number of carboxylic acids is 1. The van der Waals surface area contributed by atoms with E-state index >= 15 is 0 Å². The van der Waals surface area contributed by atoms with E-state index in [1.807, 2.05) is 0 Å². The van der Waals surface area contributed by atoms with Gasteiger partial charge in [-0.3, -0.25) is 4.79 Å². The zero-order valence-corrected chi connectivity index (χ0v) is 29.4. The molecule has 5 nitrogen and oxygen atoms in total. The van der Waals surface area contributed by atoms with Gasteiger partial charge >= 0.3 is 88.7 Å². The van der Waals surface area contributed by atoms with Gasteiger partial charge in [0, 0.05) is 26.5 Å². The first-order valence-corrected chi connectivity index (χ1v) is 11.1. The molecule has 148 valence electrons. The molecule has 0 amide bonds. The van der Waals surface area contributed by atoms with E-state index in [0.29, 0.717) is 22.1 Å². The Morgan fingerprint density at radius 3 is 2.16 bits per heavy atom. The van der Waals surface area contributed by atoms with Gasteiger partial charge in [0.25, 0.3) is 0 Å². The number of benzene rings is 3. The van der Waals surface area contributed by atoms with E-state index in [1.54, 1.807) is 30.3 Å². The van der Waals surface area contributed by atoms with Crippen LogP contribution in [0.25, 0.3) is 33.4 Å². The van der Waals surface area contributed by atoms with Crippen LogP contribution in [0.15, 0.2) is 63.5 Å². The number of hydrogen-bond acceptors (Lipinski definition) is 5. The molecule has 0 fully saturated rings. The molecule has 2 aromatic carbocycles. The summed E-state index contributed by atoms with van der Waals surface area (Å²) in [6.45, 7) is 0. The molecular formula is C20H7Br4Na3O5. The van der Waals surface area contributed by atoms with E-state index in [0.717, 1.165) is 0 Å². The van der Waals surface area contributed by atoms with Crippen molar-refractivity contribution < 1.29 is 110 Å². The van der Waals surface area contributed by atoms with Crippen molar-refractivity contribution in [2.45, 2.75) is 0 Å². The maximum absolute atomic E-state index is 12.4. The topological polar surface area (TPSA) is 93.4 Å². The predicted octanol–water partition coefficient (Wildman–Crippen LogP) is -3.82. The second-order valence-electron chi connectivity index (χ2n) is 6.07. The first-order chi connectivity index (χ1) is 13.7. The summed E-state index contributed by atoms with van der Waals surface area (Å²) in [5.41, 5.74) is 1.17. The molecule has 2 aromatic rings. The largest absolute Gasteiger partial charge is 1.00 e. The Morgan fingerprint density at radius 1 is 0.906 bits per heavy atom. The molecule has 1 aliphatic carbocycles. The maximum Gasteiger partial charge on any atom is 1.00 e. The van der Waals surface area contributed by atoms with Gasteiger partial charge in [0.05, 0.1) is 14.9 Å². The average Bonchev–Trinajstić information content (AvgIpc) is 2.69. The number of carbonyl (C=O) groups is 1. The zero-order chi connectivity index (χ0) is 21.0. The maximum atomic E-state index is 12.4. The Hall–Kier alpha value is 1.32. The molecule has 0 unspecified atom stereocenters. The smallest absolute Gasteiger partial charge is 1.00 e. The molecule has 0 atom stereocenters. The summed E-state index contributed by atoms with van der Waals surface area (Å²) in [7, 11) is 0. The molecule has 0 radical (unpaired) electrons. The van der Waals surface area contributed by atoms with E-state index < -0.39 is 5.97 Å². The van der Waals surface area contributed by atoms with Gasteiger partial charge in [-0.1, -0.05) is 45.9 Å². The number of rotatable bonds is 2. The van der Waals surface area contributed by atoms with Gasteiger partial charge in [-0.15, -0.1) is 0 Å². The summed E-state index contributed by atoms with van der Waals surface area (Å²) < 4.78 is 6.80. The standard InChI is InChI=1S/C20H8Br4O5.3Na.H/c21-11-5-9-13(7-3-1-2-4-8(7)20(27)28)10-6-12(22)17(26)15(24)19(10)29-18(9)14(23)16(11)25;;;;/h1-6,25H,(H,27,28);;;;/q;3*+1;-1/p-2. The molecule has 32 heavy (non-hydrogen) atoms. The van der Waals surface area contributed by atoms with Crippen LogP contribution in [0.1, 0.15) is 11.8 Å². The molecule has 12 heteroatoms. The van der Waals surface area contributed by atoms with Gasteiger partial charge in [-0.25, -0.2) is 0 Å². The number of carbonyl (C=O) groups excluding carboxylic acids is 1. The number of aromatic carboxylic acids is 1. The molecule has 0 spiro atoms. The third-order valence-electron chi connectivity index (χ3n) is 4.42. The Morgan fingerprint density at radius 2 is 1.53 bits per heavy atom. The Balaban J connectivity index is 0.00000256. The second kappa shape index (κ2) is 12.5. The fourth-order valence-electron chi connectivity index (χ4n) is 3.16. The third-order valence-corrected chi connectivity index (χ3v) is 7.04. The van der Waals surface area contributed by atoms with Gasteiger partial charge < -0.3 is 20.9 Å². The van der Waals surface area contributed by atoms with Crippen molar-refractivity contribution in [2.75, 3.05) is 0 Å². The number of carboxylic acid groups (broad SMARTS) is 1. The Labute approximate surface area is 283 Å². The minimum Gasteiger partial charge on any atom is -1.00 e. The SMILES string of the molecule is O=C([O-])c1ccccc1-c1c2cc(Br)c(=O)c(Br)c-2oc2c(Br)c([O-])c(Br)cc12.[H-].[Na+].[Na+].[Na+]. The van der Waals surface area contributed by atoms with Gasteiger partial charge in [0.2, 0.25) is 5.43 Å². The monoisotopic (exact) mass is 712 g/mol. The summed E-state index contributed by atoms with van der Waals surface area (Å²) in [6, 6.07) is 9.50. The van der Waals surface area contributed by atoms with Crippen LogP contribution < -0.4 is 104 Å². The van der Waals surface area contributed by atoms with Crippen molar-refractivity contribution in [2.24, 2.45) is 0 Å². The van der Waals surface area contributed by atoms with E-state index in [9.17, 15) is 19.8 Å². The van der Waals surface area contributed by atoms with Crippen LogP contribution in [0.4, 0.5) is 0 Å². The second-order valence-corrected chi connectivity index (χ2v) is 9.36. The molecule has 0 aromatic heterocycles. The summed E-state index contributed by atoms with van der Waals surface area (Å²) >= 11 is 13.0.